The lowest BCUT2D eigenvalue weighted by molar-refractivity contribution is 0.0991. The van der Waals surface area contributed by atoms with Gasteiger partial charge in [0, 0.05) is 0 Å². The van der Waals surface area contributed by atoms with E-state index in [4.69, 9.17) is 9.15 Å². The van der Waals surface area contributed by atoms with Crippen LogP contribution in [-0.4, -0.2) is 20.7 Å². The Bertz CT molecular complexity index is 1230. The van der Waals surface area contributed by atoms with Gasteiger partial charge in [-0.05, 0) is 48.2 Å². The van der Waals surface area contributed by atoms with Crippen molar-refractivity contribution >= 4 is 11.9 Å². The fourth-order valence-corrected chi connectivity index (χ4v) is 3.25. The monoisotopic (exact) mass is 428 g/mol. The van der Waals surface area contributed by atoms with Gasteiger partial charge in [-0.1, -0.05) is 48.5 Å². The van der Waals surface area contributed by atoms with Gasteiger partial charge in [0.2, 0.25) is 5.95 Å². The number of amides is 1. The van der Waals surface area contributed by atoms with E-state index < -0.39 is 5.91 Å². The van der Waals surface area contributed by atoms with E-state index in [2.05, 4.69) is 22.0 Å². The van der Waals surface area contributed by atoms with E-state index in [1.54, 1.807) is 23.1 Å². The highest BCUT2D eigenvalue weighted by Crippen LogP contribution is 2.21. The Morgan fingerprint density at radius 2 is 1.91 bits per heavy atom. The smallest absolute Gasteiger partial charge is 0.293 e. The molecule has 0 aliphatic heterocycles. The molecule has 7 heteroatoms. The Balaban J connectivity index is 1.35. The fraction of sp³-hybridized carbons (Fsp3) is 0.160. The van der Waals surface area contributed by atoms with Crippen molar-refractivity contribution in [1.82, 2.24) is 14.8 Å². The minimum atomic E-state index is -0.419. The largest absolute Gasteiger partial charge is 0.485 e. The molecule has 162 valence electrons. The summed E-state index contributed by atoms with van der Waals surface area (Å²) in [4.78, 5) is 16.7. The van der Waals surface area contributed by atoms with E-state index in [1.165, 1.54) is 5.56 Å². The quantitative estimate of drug-likeness (QED) is 0.388. The number of ether oxygens (including phenoxy) is 1. The number of anilines is 1. The number of aryl methyl sites for hydroxylation is 1. The number of carbonyl (C=O) groups excluding carboxylic acids is 1. The van der Waals surface area contributed by atoms with Crippen LogP contribution in [-0.2, 0) is 19.6 Å². The van der Waals surface area contributed by atoms with Gasteiger partial charge in [-0.25, -0.2) is 9.67 Å². The van der Waals surface area contributed by atoms with E-state index in [1.807, 2.05) is 61.5 Å². The van der Waals surface area contributed by atoms with Crippen LogP contribution < -0.4 is 10.1 Å². The maximum absolute atomic E-state index is 12.5. The van der Waals surface area contributed by atoms with Gasteiger partial charge < -0.3 is 9.15 Å². The summed E-state index contributed by atoms with van der Waals surface area (Å²) in [6.45, 7) is 6.60. The predicted molar refractivity (Wildman–Crippen MR) is 122 cm³/mol. The Kier molecular flexibility index (Phi) is 6.46. The number of benzene rings is 2. The highest BCUT2D eigenvalue weighted by molar-refractivity contribution is 6.01. The zero-order valence-electron chi connectivity index (χ0n) is 17.8. The van der Waals surface area contributed by atoms with Crippen LogP contribution in [0.25, 0.3) is 0 Å². The molecule has 0 radical (unpaired) electrons. The molecule has 2 heterocycles. The molecule has 4 aromatic rings. The van der Waals surface area contributed by atoms with Crippen LogP contribution >= 0.6 is 0 Å². The highest BCUT2D eigenvalue weighted by Gasteiger charge is 2.14. The maximum atomic E-state index is 12.5. The van der Waals surface area contributed by atoms with Gasteiger partial charge in [0.05, 0.1) is 6.54 Å². The number of hydrogen-bond acceptors (Lipinski definition) is 5. The van der Waals surface area contributed by atoms with Gasteiger partial charge in [0.25, 0.3) is 5.91 Å². The average molecular weight is 428 g/mol. The number of aromatic nitrogens is 3. The zero-order valence-corrected chi connectivity index (χ0v) is 17.8. The van der Waals surface area contributed by atoms with Crippen LogP contribution in [0.15, 0.2) is 84.1 Å². The number of nitrogens with one attached hydrogen (secondary N) is 1. The maximum Gasteiger partial charge on any atom is 0.293 e. The molecule has 1 amide bonds. The standard InChI is InChI=1S/C25H24N4O3/c1-3-8-19-10-6-7-12-22(19)31-16-21-13-14-23(32-21)24(30)27-25-26-17-29(28-25)15-20-11-5-4-9-18(20)2/h3-7,9-14,17H,1,8,15-16H2,2H3,(H,27,28,30). The number of carbonyl (C=O) groups is 1. The van der Waals surface area contributed by atoms with Crippen LogP contribution in [0.2, 0.25) is 0 Å². The average Bonchev–Trinajstić information content (AvgIpc) is 3.45. The SMILES string of the molecule is C=CCc1ccccc1OCc1ccc(C(=O)Nc2ncn(Cc3ccccc3C)n2)o1. The summed E-state index contributed by atoms with van der Waals surface area (Å²) in [5.41, 5.74) is 3.35. The molecule has 32 heavy (non-hydrogen) atoms. The van der Waals surface area contributed by atoms with Gasteiger partial charge in [0.1, 0.15) is 24.4 Å². The molecule has 7 nitrogen and oxygen atoms in total. The van der Waals surface area contributed by atoms with Crippen molar-refractivity contribution in [3.63, 3.8) is 0 Å². The van der Waals surface area contributed by atoms with E-state index in [9.17, 15) is 4.79 Å². The van der Waals surface area contributed by atoms with Crippen molar-refractivity contribution in [3.05, 3.63) is 108 Å². The number of furan rings is 1. The summed E-state index contributed by atoms with van der Waals surface area (Å²) in [7, 11) is 0. The lowest BCUT2D eigenvalue weighted by Gasteiger charge is -2.08. The molecule has 0 fully saturated rings. The summed E-state index contributed by atoms with van der Waals surface area (Å²) >= 11 is 0. The van der Waals surface area contributed by atoms with Crippen LogP contribution in [0.3, 0.4) is 0 Å². The highest BCUT2D eigenvalue weighted by atomic mass is 16.5. The van der Waals surface area contributed by atoms with E-state index in [0.29, 0.717) is 18.7 Å². The van der Waals surface area contributed by atoms with Crippen molar-refractivity contribution in [2.24, 2.45) is 0 Å². The Hall–Kier alpha value is -4.13. The number of para-hydroxylation sites is 1. The first-order valence-electron chi connectivity index (χ1n) is 10.3. The molecule has 0 unspecified atom stereocenters. The molecule has 1 N–H and O–H groups in total. The lowest BCUT2D eigenvalue weighted by Crippen LogP contribution is -2.12. The Morgan fingerprint density at radius 3 is 2.72 bits per heavy atom. The molecular weight excluding hydrogens is 404 g/mol. The Labute approximate surface area is 186 Å². The van der Waals surface area contributed by atoms with Crippen molar-refractivity contribution < 1.29 is 13.9 Å². The summed E-state index contributed by atoms with van der Waals surface area (Å²) in [6.07, 6.45) is 4.13. The van der Waals surface area contributed by atoms with Crippen molar-refractivity contribution in [1.29, 1.82) is 0 Å². The molecule has 0 bridgehead atoms. The molecule has 0 saturated heterocycles. The third kappa shape index (κ3) is 5.13. The molecule has 0 aliphatic rings. The summed E-state index contributed by atoms with van der Waals surface area (Å²) in [6, 6.07) is 19.1. The molecular formula is C25H24N4O3. The van der Waals surface area contributed by atoms with Crippen LogP contribution in [0.4, 0.5) is 5.95 Å². The van der Waals surface area contributed by atoms with Gasteiger partial charge in [-0.3, -0.25) is 10.1 Å². The summed E-state index contributed by atoms with van der Waals surface area (Å²) in [5.74, 6) is 1.27. The molecule has 0 spiro atoms. The molecule has 0 atom stereocenters. The fourth-order valence-electron chi connectivity index (χ4n) is 3.25. The van der Waals surface area contributed by atoms with Crippen LogP contribution in [0.1, 0.15) is 33.0 Å². The van der Waals surface area contributed by atoms with Crippen molar-refractivity contribution in [3.8, 4) is 5.75 Å². The third-order valence-electron chi connectivity index (χ3n) is 4.95. The molecule has 2 aromatic carbocycles. The Morgan fingerprint density at radius 1 is 1.12 bits per heavy atom. The van der Waals surface area contributed by atoms with Crippen LogP contribution in [0.5, 0.6) is 5.75 Å². The van der Waals surface area contributed by atoms with Gasteiger partial charge in [-0.15, -0.1) is 11.7 Å². The summed E-state index contributed by atoms with van der Waals surface area (Å²) in [5, 5.41) is 6.99. The van der Waals surface area contributed by atoms with Gasteiger partial charge in [-0.2, -0.15) is 0 Å². The molecule has 0 aliphatic carbocycles. The predicted octanol–water partition coefficient (Wildman–Crippen LogP) is 4.79. The number of hydrogen-bond donors (Lipinski definition) is 1. The topological polar surface area (TPSA) is 82.2 Å². The minimum absolute atomic E-state index is 0.165. The van der Waals surface area contributed by atoms with E-state index in [0.717, 1.165) is 16.9 Å². The second-order valence-electron chi connectivity index (χ2n) is 7.30. The molecule has 2 aromatic heterocycles. The molecule has 0 saturated carbocycles. The first-order valence-corrected chi connectivity index (χ1v) is 10.3. The lowest BCUT2D eigenvalue weighted by atomic mass is 10.1. The van der Waals surface area contributed by atoms with Gasteiger partial charge >= 0.3 is 0 Å². The summed E-state index contributed by atoms with van der Waals surface area (Å²) < 4.78 is 13.2. The van der Waals surface area contributed by atoms with E-state index in [-0.39, 0.29) is 18.3 Å². The third-order valence-corrected chi connectivity index (χ3v) is 4.95. The number of rotatable bonds is 9. The zero-order chi connectivity index (χ0) is 22.3. The normalized spacial score (nSPS) is 10.7. The second-order valence-corrected chi connectivity index (χ2v) is 7.30. The molecule has 4 rings (SSSR count). The first-order chi connectivity index (χ1) is 15.6. The minimum Gasteiger partial charge on any atom is -0.485 e. The van der Waals surface area contributed by atoms with Gasteiger partial charge in [0.15, 0.2) is 5.76 Å². The van der Waals surface area contributed by atoms with Crippen LogP contribution in [0, 0.1) is 6.92 Å². The first kappa shape index (κ1) is 21.1. The van der Waals surface area contributed by atoms with Crippen molar-refractivity contribution in [2.75, 3.05) is 5.32 Å². The second kappa shape index (κ2) is 9.78. The number of allylic oxidation sites excluding steroid dienone is 1. The number of nitrogens with zero attached hydrogens (tertiary/aromatic N) is 3. The van der Waals surface area contributed by atoms with E-state index >= 15 is 0 Å². The van der Waals surface area contributed by atoms with Crippen molar-refractivity contribution in [2.45, 2.75) is 26.5 Å².